The van der Waals surface area contributed by atoms with E-state index in [1.165, 1.54) is 12.1 Å². The van der Waals surface area contributed by atoms with Crippen LogP contribution in [0.15, 0.2) is 24.3 Å². The van der Waals surface area contributed by atoms with E-state index in [9.17, 15) is 17.7 Å². The minimum Gasteiger partial charge on any atom is -0.324 e. The lowest BCUT2D eigenvalue weighted by molar-refractivity contribution is -0.199. The van der Waals surface area contributed by atoms with Gasteiger partial charge in [0, 0.05) is 11.7 Å². The Labute approximate surface area is 101 Å². The number of halogens is 4. The van der Waals surface area contributed by atoms with Crippen molar-refractivity contribution in [3.05, 3.63) is 34.9 Å². The molecule has 3 nitrogen and oxygen atoms in total. The van der Waals surface area contributed by atoms with Crippen molar-refractivity contribution in [2.24, 2.45) is 0 Å². The van der Waals surface area contributed by atoms with E-state index < -0.39 is 19.9 Å². The zero-order chi connectivity index (χ0) is 13.3. The average Bonchev–Trinajstić information content (AvgIpc) is 2.11. The van der Waals surface area contributed by atoms with Crippen molar-refractivity contribution in [2.75, 3.05) is 6.66 Å². The van der Waals surface area contributed by atoms with Crippen molar-refractivity contribution in [1.82, 2.24) is 0 Å². The van der Waals surface area contributed by atoms with Gasteiger partial charge in [-0.1, -0.05) is 23.7 Å². The maximum Gasteiger partial charge on any atom is 0.419 e. The maximum absolute atomic E-state index is 12.7. The van der Waals surface area contributed by atoms with Gasteiger partial charge in [-0.3, -0.25) is 9.09 Å². The molecule has 0 radical (unpaired) electrons. The predicted molar refractivity (Wildman–Crippen MR) is 57.1 cm³/mol. The molecule has 0 heterocycles. The van der Waals surface area contributed by atoms with Gasteiger partial charge in [-0.05, 0) is 17.7 Å². The summed E-state index contributed by atoms with van der Waals surface area (Å²) in [5, 5.41) is 0.0872. The second kappa shape index (κ2) is 4.98. The van der Waals surface area contributed by atoms with Crippen LogP contribution in [0.2, 0.25) is 5.02 Å². The van der Waals surface area contributed by atoms with Gasteiger partial charge in [0.15, 0.2) is 6.10 Å². The molecule has 1 unspecified atom stereocenters. The van der Waals surface area contributed by atoms with Gasteiger partial charge < -0.3 is 4.89 Å². The summed E-state index contributed by atoms with van der Waals surface area (Å²) in [5.74, 6) is 0. The summed E-state index contributed by atoms with van der Waals surface area (Å²) in [6.45, 7) is 0.691. The number of alkyl halides is 3. The molecule has 17 heavy (non-hydrogen) atoms. The number of rotatable bonds is 3. The summed E-state index contributed by atoms with van der Waals surface area (Å²) in [4.78, 5) is 8.88. The molecule has 0 aliphatic rings. The molecule has 1 aromatic rings. The fourth-order valence-electron chi connectivity index (χ4n) is 1.17. The Kier molecular flexibility index (Phi) is 4.25. The zero-order valence-corrected chi connectivity index (χ0v) is 10.3. The SMILES string of the molecule is CP(=O)(O)O[C@@H](c1cccc(Cl)c1)C(F)(F)F. The van der Waals surface area contributed by atoms with Gasteiger partial charge in [0.25, 0.3) is 0 Å². The smallest absolute Gasteiger partial charge is 0.324 e. The number of hydrogen-bond donors (Lipinski definition) is 1. The molecule has 96 valence electrons. The molecule has 0 fully saturated rings. The standard InChI is InChI=1S/C9H9ClF3O3P/c1-17(14,15)16-8(9(11,12)13)6-3-2-4-7(10)5-6/h2-5,8H,1H3,(H,14,15)/t8-/m0/s1. The molecule has 1 aromatic carbocycles. The summed E-state index contributed by atoms with van der Waals surface area (Å²) in [6, 6.07) is 4.86. The Morgan fingerprint density at radius 3 is 2.47 bits per heavy atom. The molecule has 0 saturated heterocycles. The van der Waals surface area contributed by atoms with Crippen LogP contribution in [-0.4, -0.2) is 17.7 Å². The van der Waals surface area contributed by atoms with Crippen molar-refractivity contribution >= 4 is 19.2 Å². The van der Waals surface area contributed by atoms with E-state index in [1.54, 1.807) is 0 Å². The molecule has 1 N–H and O–H groups in total. The molecule has 0 amide bonds. The first-order chi connectivity index (χ1) is 7.59. The Morgan fingerprint density at radius 1 is 1.47 bits per heavy atom. The normalized spacial score (nSPS) is 17.5. The molecule has 1 rings (SSSR count). The van der Waals surface area contributed by atoms with Crippen LogP contribution in [0, 0.1) is 0 Å². The summed E-state index contributed by atoms with van der Waals surface area (Å²) in [7, 11) is -4.26. The zero-order valence-electron chi connectivity index (χ0n) is 8.61. The third-order valence-electron chi connectivity index (χ3n) is 1.75. The lowest BCUT2D eigenvalue weighted by atomic mass is 10.1. The number of benzene rings is 1. The molecule has 0 spiro atoms. The van der Waals surface area contributed by atoms with E-state index in [4.69, 9.17) is 16.5 Å². The Morgan fingerprint density at radius 2 is 2.06 bits per heavy atom. The van der Waals surface area contributed by atoms with E-state index in [1.807, 2.05) is 0 Å². The van der Waals surface area contributed by atoms with Crippen LogP contribution in [0.5, 0.6) is 0 Å². The molecule has 8 heteroatoms. The van der Waals surface area contributed by atoms with E-state index in [2.05, 4.69) is 4.52 Å². The van der Waals surface area contributed by atoms with Crippen LogP contribution in [0.25, 0.3) is 0 Å². The lowest BCUT2D eigenvalue weighted by Gasteiger charge is -2.22. The fourth-order valence-corrected chi connectivity index (χ4v) is 2.01. The molecule has 0 aliphatic heterocycles. The van der Waals surface area contributed by atoms with Crippen molar-refractivity contribution in [2.45, 2.75) is 12.3 Å². The van der Waals surface area contributed by atoms with Crippen LogP contribution in [-0.2, 0) is 9.09 Å². The highest BCUT2D eigenvalue weighted by Crippen LogP contribution is 2.48. The fraction of sp³-hybridized carbons (Fsp3) is 0.333. The van der Waals surface area contributed by atoms with Crippen molar-refractivity contribution < 1.29 is 27.2 Å². The van der Waals surface area contributed by atoms with Crippen LogP contribution < -0.4 is 0 Å². The predicted octanol–water partition coefficient (Wildman–Crippen LogP) is 3.78. The van der Waals surface area contributed by atoms with Crippen LogP contribution >= 0.6 is 19.2 Å². The highest BCUT2D eigenvalue weighted by atomic mass is 35.5. The summed E-state index contributed by atoms with van der Waals surface area (Å²) in [5.41, 5.74) is -0.318. The van der Waals surface area contributed by atoms with E-state index >= 15 is 0 Å². The van der Waals surface area contributed by atoms with Gasteiger partial charge >= 0.3 is 13.8 Å². The summed E-state index contributed by atoms with van der Waals surface area (Å²) in [6.07, 6.45) is -7.26. The van der Waals surface area contributed by atoms with Gasteiger partial charge in [0.05, 0.1) is 0 Å². The quantitative estimate of drug-likeness (QED) is 0.861. The van der Waals surface area contributed by atoms with Crippen LogP contribution in [0.1, 0.15) is 11.7 Å². The second-order valence-electron chi connectivity index (χ2n) is 3.39. The molecule has 0 aliphatic carbocycles. The minimum atomic E-state index is -4.79. The van der Waals surface area contributed by atoms with Crippen molar-refractivity contribution in [1.29, 1.82) is 0 Å². The number of hydrogen-bond acceptors (Lipinski definition) is 2. The van der Waals surface area contributed by atoms with Gasteiger partial charge in [0.1, 0.15) is 0 Å². The minimum absolute atomic E-state index is 0.0872. The topological polar surface area (TPSA) is 46.5 Å². The van der Waals surface area contributed by atoms with Gasteiger partial charge in [0.2, 0.25) is 0 Å². The molecule has 2 atom stereocenters. The third-order valence-corrected chi connectivity index (χ3v) is 2.59. The van der Waals surface area contributed by atoms with Crippen LogP contribution in [0.3, 0.4) is 0 Å². The Balaban J connectivity index is 3.12. The molecule has 0 aromatic heterocycles. The largest absolute Gasteiger partial charge is 0.419 e. The van der Waals surface area contributed by atoms with Crippen molar-refractivity contribution in [3.8, 4) is 0 Å². The summed E-state index contributed by atoms with van der Waals surface area (Å²) >= 11 is 5.56. The summed E-state index contributed by atoms with van der Waals surface area (Å²) < 4.78 is 53.1. The van der Waals surface area contributed by atoms with E-state index in [-0.39, 0.29) is 10.6 Å². The molecule has 0 bridgehead atoms. The van der Waals surface area contributed by atoms with E-state index in [0.717, 1.165) is 12.1 Å². The maximum atomic E-state index is 12.7. The van der Waals surface area contributed by atoms with Gasteiger partial charge in [-0.15, -0.1) is 0 Å². The molecule has 0 saturated carbocycles. The van der Waals surface area contributed by atoms with Crippen molar-refractivity contribution in [3.63, 3.8) is 0 Å². The molecular weight excluding hydrogens is 280 g/mol. The highest BCUT2D eigenvalue weighted by molar-refractivity contribution is 7.51. The van der Waals surface area contributed by atoms with E-state index in [0.29, 0.717) is 6.66 Å². The van der Waals surface area contributed by atoms with Gasteiger partial charge in [-0.25, -0.2) is 0 Å². The Hall–Kier alpha value is -0.550. The van der Waals surface area contributed by atoms with Gasteiger partial charge in [-0.2, -0.15) is 13.2 Å². The second-order valence-corrected chi connectivity index (χ2v) is 5.64. The Bertz CT molecular complexity index is 443. The third kappa shape index (κ3) is 4.68. The average molecular weight is 289 g/mol. The first kappa shape index (κ1) is 14.5. The first-order valence-corrected chi connectivity index (χ1v) is 6.81. The molecular formula is C9H9ClF3O3P. The highest BCUT2D eigenvalue weighted by Gasteiger charge is 2.44. The first-order valence-electron chi connectivity index (χ1n) is 4.40. The lowest BCUT2D eigenvalue weighted by Crippen LogP contribution is -2.22. The van der Waals surface area contributed by atoms with Crippen LogP contribution in [0.4, 0.5) is 13.2 Å². The monoisotopic (exact) mass is 288 g/mol.